The fraction of sp³-hybridized carbons (Fsp3) is 0.583. The highest BCUT2D eigenvalue weighted by molar-refractivity contribution is 7.17. The molecule has 1 saturated carbocycles. The smallest absolute Gasteiger partial charge is 0.391 e. The number of hydrogen-bond acceptors (Lipinski definition) is 7. The van der Waals surface area contributed by atoms with Crippen LogP contribution >= 0.6 is 11.3 Å². The second-order valence-corrected chi connectivity index (χ2v) is 10.8. The molecule has 15 heteroatoms. The quantitative estimate of drug-likeness (QED) is 0.423. The maximum atomic E-state index is 14.2. The Bertz CT molecular complexity index is 1230. The molecule has 8 nitrogen and oxygen atoms in total. The normalized spacial score (nSPS) is 22.7. The van der Waals surface area contributed by atoms with Gasteiger partial charge in [0.15, 0.2) is 5.01 Å². The fourth-order valence-electron chi connectivity index (χ4n) is 4.71. The first-order chi connectivity index (χ1) is 18.2. The molecule has 0 bridgehead atoms. The lowest BCUT2D eigenvalue weighted by Gasteiger charge is -2.22. The molecule has 4 atom stereocenters. The van der Waals surface area contributed by atoms with Gasteiger partial charge >= 0.3 is 12.4 Å². The molecule has 214 valence electrons. The maximum absolute atomic E-state index is 14.2. The van der Waals surface area contributed by atoms with Crippen LogP contribution in [0.4, 0.5) is 32.2 Å². The Morgan fingerprint density at radius 2 is 1.87 bits per heavy atom. The molecule has 3 N–H and O–H groups in total. The number of nitrogens with one attached hydrogen (secondary N) is 2. The molecule has 2 fully saturated rings. The highest BCUT2D eigenvalue weighted by atomic mass is 32.1. The summed E-state index contributed by atoms with van der Waals surface area (Å²) in [7, 11) is 0. The van der Waals surface area contributed by atoms with Crippen molar-refractivity contribution in [3.05, 3.63) is 28.5 Å². The van der Waals surface area contributed by atoms with Crippen molar-refractivity contribution in [2.75, 3.05) is 11.9 Å². The van der Waals surface area contributed by atoms with E-state index in [1.807, 2.05) is 5.32 Å². The second kappa shape index (κ2) is 10.9. The summed E-state index contributed by atoms with van der Waals surface area (Å²) in [6, 6.07) is -2.49. The Hall–Kier alpha value is -2.94. The number of aliphatic hydroxyl groups excluding tert-OH is 1. The summed E-state index contributed by atoms with van der Waals surface area (Å²) in [6.45, 7) is 2.89. The number of aromatic nitrogens is 2. The largest absolute Gasteiger partial charge is 0.417 e. The van der Waals surface area contributed by atoms with Crippen LogP contribution in [0.15, 0.2) is 12.3 Å². The molecule has 0 radical (unpaired) electrons. The van der Waals surface area contributed by atoms with Gasteiger partial charge in [-0.2, -0.15) is 26.3 Å². The summed E-state index contributed by atoms with van der Waals surface area (Å²) in [5.74, 6) is -2.07. The van der Waals surface area contributed by atoms with Crippen LogP contribution < -0.4 is 10.6 Å². The van der Waals surface area contributed by atoms with Gasteiger partial charge in [0.2, 0.25) is 0 Å². The zero-order valence-electron chi connectivity index (χ0n) is 21.0. The number of carbonyl (C=O) groups is 2. The van der Waals surface area contributed by atoms with E-state index >= 15 is 0 Å². The van der Waals surface area contributed by atoms with Gasteiger partial charge in [-0.1, -0.05) is 0 Å². The zero-order valence-corrected chi connectivity index (χ0v) is 21.8. The Morgan fingerprint density at radius 3 is 2.44 bits per heavy atom. The maximum Gasteiger partial charge on any atom is 0.417 e. The lowest BCUT2D eigenvalue weighted by Crippen LogP contribution is -2.40. The molecule has 4 rings (SSSR count). The van der Waals surface area contributed by atoms with E-state index in [9.17, 15) is 41.0 Å². The van der Waals surface area contributed by atoms with Crippen molar-refractivity contribution < 1.29 is 41.0 Å². The van der Waals surface area contributed by atoms with Crippen LogP contribution in [-0.2, 0) is 6.18 Å². The first-order valence-corrected chi connectivity index (χ1v) is 13.2. The van der Waals surface area contributed by atoms with Crippen LogP contribution in [0.25, 0.3) is 10.4 Å². The molecular weight excluding hydrogens is 552 g/mol. The van der Waals surface area contributed by atoms with Crippen molar-refractivity contribution in [3.63, 3.8) is 0 Å². The molecule has 1 saturated heterocycles. The van der Waals surface area contributed by atoms with Gasteiger partial charge in [-0.25, -0.2) is 9.97 Å². The number of likely N-dealkylation sites (tertiary alicyclic amines) is 1. The molecule has 1 aliphatic carbocycles. The number of anilines is 1. The molecular formula is C24H27F6N5O3S. The summed E-state index contributed by atoms with van der Waals surface area (Å²) >= 11 is 0.555. The number of thiazole rings is 1. The van der Waals surface area contributed by atoms with Gasteiger partial charge in [-0.05, 0) is 52.0 Å². The van der Waals surface area contributed by atoms with Crippen LogP contribution in [0.2, 0.25) is 0 Å². The molecule has 0 unspecified atom stereocenters. The first-order valence-electron chi connectivity index (χ1n) is 12.4. The van der Waals surface area contributed by atoms with E-state index in [4.69, 9.17) is 0 Å². The van der Waals surface area contributed by atoms with E-state index in [2.05, 4.69) is 15.3 Å². The van der Waals surface area contributed by atoms with Crippen molar-refractivity contribution in [3.8, 4) is 10.4 Å². The number of aliphatic hydroxyl groups is 1. The number of rotatable bonds is 6. The number of nitrogens with zero attached hydrogens (tertiary/aromatic N) is 3. The number of halogens is 6. The Labute approximate surface area is 223 Å². The second-order valence-electron chi connectivity index (χ2n) is 9.79. The van der Waals surface area contributed by atoms with Crippen molar-refractivity contribution >= 4 is 29.0 Å². The minimum Gasteiger partial charge on any atom is -0.391 e. The SMILES string of the molecule is C[C@H](Nc1cc(C(F)(F)F)c(-c2sc(C(=O)N[C@@H]3CCC[C@H]3O)nc2C(=O)N2CCC[C@@H]2C)cn1)C(F)(F)F. The summed E-state index contributed by atoms with van der Waals surface area (Å²) < 4.78 is 81.4. The minimum absolute atomic E-state index is 0.200. The summed E-state index contributed by atoms with van der Waals surface area (Å²) in [6.07, 6.45) is -6.75. The minimum atomic E-state index is -5.03. The van der Waals surface area contributed by atoms with E-state index in [0.29, 0.717) is 56.1 Å². The molecule has 3 heterocycles. The molecule has 39 heavy (non-hydrogen) atoms. The highest BCUT2D eigenvalue weighted by Crippen LogP contribution is 2.42. The standard InChI is InChI=1S/C24H27F6N5O3S/c1-11-5-4-8-35(11)22(38)18-19(39-21(34-18)20(37)33-15-6-3-7-16(15)36)13-10-31-17(9-14(13)24(28,29)30)32-12(2)23(25,26)27/h9-12,15-16,36H,3-8H2,1-2H3,(H,31,32)(H,33,37)/t11-,12-,15+,16+/m0/s1. The van der Waals surface area contributed by atoms with Crippen LogP contribution in [0.3, 0.4) is 0 Å². The third-order valence-corrected chi connectivity index (χ3v) is 8.03. The average molecular weight is 580 g/mol. The van der Waals surface area contributed by atoms with Gasteiger partial charge in [0.1, 0.15) is 17.6 Å². The number of hydrogen-bond donors (Lipinski definition) is 3. The van der Waals surface area contributed by atoms with E-state index in [-0.39, 0.29) is 21.6 Å². The van der Waals surface area contributed by atoms with Crippen molar-refractivity contribution in [1.29, 1.82) is 0 Å². The lowest BCUT2D eigenvalue weighted by atomic mass is 10.1. The molecule has 0 spiro atoms. The summed E-state index contributed by atoms with van der Waals surface area (Å²) in [4.78, 5) is 35.5. The van der Waals surface area contributed by atoms with Gasteiger partial charge in [0, 0.05) is 24.3 Å². The monoisotopic (exact) mass is 579 g/mol. The van der Waals surface area contributed by atoms with Crippen LogP contribution in [0.5, 0.6) is 0 Å². The van der Waals surface area contributed by atoms with Crippen LogP contribution in [-0.4, -0.2) is 68.7 Å². The predicted octanol–water partition coefficient (Wildman–Crippen LogP) is 4.85. The van der Waals surface area contributed by atoms with Crippen molar-refractivity contribution in [2.24, 2.45) is 0 Å². The molecule has 1 aliphatic heterocycles. The Balaban J connectivity index is 1.78. The lowest BCUT2D eigenvalue weighted by molar-refractivity contribution is -0.138. The van der Waals surface area contributed by atoms with E-state index in [1.165, 1.54) is 4.90 Å². The fourth-order valence-corrected chi connectivity index (χ4v) is 5.69. The predicted molar refractivity (Wildman–Crippen MR) is 130 cm³/mol. The van der Waals surface area contributed by atoms with Gasteiger partial charge in [0.25, 0.3) is 11.8 Å². The first kappa shape index (κ1) is 29.1. The molecule has 2 aromatic heterocycles. The molecule has 0 aromatic carbocycles. The Kier molecular flexibility index (Phi) is 8.13. The number of alkyl halides is 6. The Morgan fingerprint density at radius 1 is 1.15 bits per heavy atom. The average Bonchev–Trinajstić information content (AvgIpc) is 3.58. The highest BCUT2D eigenvalue weighted by Gasteiger charge is 2.40. The van der Waals surface area contributed by atoms with Gasteiger partial charge in [0.05, 0.1) is 22.6 Å². The summed E-state index contributed by atoms with van der Waals surface area (Å²) in [5.41, 5.74) is -2.29. The van der Waals surface area contributed by atoms with Crippen molar-refractivity contribution in [2.45, 2.75) is 82.5 Å². The van der Waals surface area contributed by atoms with Crippen LogP contribution in [0, 0.1) is 0 Å². The van der Waals surface area contributed by atoms with E-state index in [1.54, 1.807) is 6.92 Å². The molecule has 2 amide bonds. The van der Waals surface area contributed by atoms with E-state index in [0.717, 1.165) is 13.1 Å². The third kappa shape index (κ3) is 6.29. The van der Waals surface area contributed by atoms with Gasteiger partial charge < -0.3 is 20.6 Å². The van der Waals surface area contributed by atoms with Crippen molar-refractivity contribution in [1.82, 2.24) is 20.2 Å². The number of pyridine rings is 1. The number of carbonyl (C=O) groups excluding carboxylic acids is 2. The molecule has 2 aromatic rings. The van der Waals surface area contributed by atoms with Gasteiger partial charge in [-0.15, -0.1) is 11.3 Å². The van der Waals surface area contributed by atoms with E-state index < -0.39 is 59.3 Å². The number of amides is 2. The topological polar surface area (TPSA) is 107 Å². The summed E-state index contributed by atoms with van der Waals surface area (Å²) in [5, 5.41) is 14.3. The zero-order chi connectivity index (χ0) is 28.7. The van der Waals surface area contributed by atoms with Crippen LogP contribution in [0.1, 0.15) is 71.8 Å². The third-order valence-electron chi connectivity index (χ3n) is 6.94. The van der Waals surface area contributed by atoms with Gasteiger partial charge in [-0.3, -0.25) is 9.59 Å². The molecule has 2 aliphatic rings.